The predicted octanol–water partition coefficient (Wildman–Crippen LogP) is 3.48. The molecular formula is C12H13NO2S. The van der Waals surface area contributed by atoms with Gasteiger partial charge in [0.1, 0.15) is 5.76 Å². The van der Waals surface area contributed by atoms with Crippen molar-refractivity contribution < 1.29 is 9.21 Å². The highest BCUT2D eigenvalue weighted by molar-refractivity contribution is 7.17. The van der Waals surface area contributed by atoms with Crippen LogP contribution in [0, 0.1) is 6.92 Å². The summed E-state index contributed by atoms with van der Waals surface area (Å²) in [6.07, 6.45) is 0.865. The van der Waals surface area contributed by atoms with E-state index >= 15 is 0 Å². The molecule has 0 aliphatic carbocycles. The number of hydrogen-bond acceptors (Lipinski definition) is 4. The van der Waals surface area contributed by atoms with Gasteiger partial charge in [-0.1, -0.05) is 6.92 Å². The largest absolute Gasteiger partial charge is 0.459 e. The zero-order valence-electron chi connectivity index (χ0n) is 9.53. The lowest BCUT2D eigenvalue weighted by molar-refractivity contribution is 0.102. The van der Waals surface area contributed by atoms with E-state index in [1.165, 1.54) is 11.3 Å². The molecule has 4 heteroatoms. The first-order chi connectivity index (χ1) is 7.61. The maximum atomic E-state index is 11.3. The Kier molecular flexibility index (Phi) is 2.92. The van der Waals surface area contributed by atoms with E-state index in [1.807, 2.05) is 26.0 Å². The van der Waals surface area contributed by atoms with Gasteiger partial charge in [-0.05, 0) is 19.1 Å². The molecule has 0 aliphatic rings. The van der Waals surface area contributed by atoms with E-state index in [9.17, 15) is 4.79 Å². The Morgan fingerprint density at radius 2 is 2.25 bits per heavy atom. The second-order valence-electron chi connectivity index (χ2n) is 3.61. The highest BCUT2D eigenvalue weighted by atomic mass is 32.1. The minimum absolute atomic E-state index is 0.0588. The van der Waals surface area contributed by atoms with Crippen molar-refractivity contribution in [3.05, 3.63) is 28.5 Å². The van der Waals surface area contributed by atoms with E-state index in [2.05, 4.69) is 4.98 Å². The summed E-state index contributed by atoms with van der Waals surface area (Å²) >= 11 is 1.39. The number of carbonyl (C=O) groups is 1. The molecule has 0 saturated carbocycles. The molecule has 84 valence electrons. The topological polar surface area (TPSA) is 43.1 Å². The Labute approximate surface area is 98.1 Å². The molecule has 0 unspecified atom stereocenters. The van der Waals surface area contributed by atoms with Gasteiger partial charge in [-0.2, -0.15) is 0 Å². The number of rotatable bonds is 3. The van der Waals surface area contributed by atoms with Crippen LogP contribution in [0.25, 0.3) is 10.8 Å². The number of aryl methyl sites for hydroxylation is 2. The maximum absolute atomic E-state index is 11.3. The van der Waals surface area contributed by atoms with Crippen molar-refractivity contribution in [2.75, 3.05) is 0 Å². The zero-order valence-corrected chi connectivity index (χ0v) is 10.4. The third kappa shape index (κ3) is 1.93. The van der Waals surface area contributed by atoms with Crippen molar-refractivity contribution >= 4 is 17.1 Å². The molecule has 2 heterocycles. The van der Waals surface area contributed by atoms with Gasteiger partial charge in [0.15, 0.2) is 16.6 Å². The van der Waals surface area contributed by atoms with Crippen LogP contribution in [0.2, 0.25) is 0 Å². The first kappa shape index (κ1) is 11.1. The molecule has 2 aromatic rings. The van der Waals surface area contributed by atoms with Crippen molar-refractivity contribution in [3.63, 3.8) is 0 Å². The molecule has 2 rings (SSSR count). The molecule has 0 aliphatic heterocycles. The third-order valence-electron chi connectivity index (χ3n) is 2.34. The van der Waals surface area contributed by atoms with E-state index in [0.717, 1.165) is 28.6 Å². The van der Waals surface area contributed by atoms with Gasteiger partial charge in [0, 0.05) is 13.3 Å². The SMILES string of the molecule is CCc1ccc(-c2nc(C)c(C(C)=O)s2)o1. The van der Waals surface area contributed by atoms with E-state index < -0.39 is 0 Å². The molecule has 0 fully saturated rings. The minimum Gasteiger partial charge on any atom is -0.459 e. The Balaban J connectivity index is 2.41. The fourth-order valence-corrected chi connectivity index (χ4v) is 2.43. The number of carbonyl (C=O) groups excluding carboxylic acids is 1. The highest BCUT2D eigenvalue weighted by Crippen LogP contribution is 2.29. The van der Waals surface area contributed by atoms with Crippen molar-refractivity contribution in [1.29, 1.82) is 0 Å². The molecule has 0 atom stereocenters. The molecular weight excluding hydrogens is 222 g/mol. The first-order valence-corrected chi connectivity index (χ1v) is 6.01. The Hall–Kier alpha value is -1.42. The number of Topliss-reactive ketones (excluding diaryl/α,β-unsaturated/α-hetero) is 1. The van der Waals surface area contributed by atoms with Gasteiger partial charge < -0.3 is 4.42 Å². The summed E-state index contributed by atoms with van der Waals surface area (Å²) in [6.45, 7) is 5.45. The monoisotopic (exact) mass is 235 g/mol. The van der Waals surface area contributed by atoms with Crippen molar-refractivity contribution in [2.24, 2.45) is 0 Å². The van der Waals surface area contributed by atoms with E-state index in [-0.39, 0.29) is 5.78 Å². The number of ketones is 1. The predicted molar refractivity (Wildman–Crippen MR) is 63.9 cm³/mol. The van der Waals surface area contributed by atoms with Gasteiger partial charge >= 0.3 is 0 Å². The van der Waals surface area contributed by atoms with Crippen molar-refractivity contribution in [2.45, 2.75) is 27.2 Å². The molecule has 0 aromatic carbocycles. The van der Waals surface area contributed by atoms with Crippen LogP contribution < -0.4 is 0 Å². The second-order valence-corrected chi connectivity index (χ2v) is 4.61. The van der Waals surface area contributed by atoms with Crippen LogP contribution in [0.3, 0.4) is 0 Å². The number of furan rings is 1. The molecule has 16 heavy (non-hydrogen) atoms. The van der Waals surface area contributed by atoms with Crippen molar-refractivity contribution in [1.82, 2.24) is 4.98 Å². The smallest absolute Gasteiger partial charge is 0.171 e. The fraction of sp³-hybridized carbons (Fsp3) is 0.333. The van der Waals surface area contributed by atoms with Crippen LogP contribution in [-0.4, -0.2) is 10.8 Å². The van der Waals surface area contributed by atoms with Gasteiger partial charge in [0.05, 0.1) is 10.6 Å². The van der Waals surface area contributed by atoms with Crippen LogP contribution >= 0.6 is 11.3 Å². The molecule has 0 spiro atoms. The van der Waals surface area contributed by atoms with Crippen molar-refractivity contribution in [3.8, 4) is 10.8 Å². The van der Waals surface area contributed by atoms with Gasteiger partial charge in [0.25, 0.3) is 0 Å². The van der Waals surface area contributed by atoms with Crippen LogP contribution in [-0.2, 0) is 6.42 Å². The summed E-state index contributed by atoms with van der Waals surface area (Å²) in [6, 6.07) is 3.85. The average molecular weight is 235 g/mol. The van der Waals surface area contributed by atoms with Gasteiger partial charge in [-0.25, -0.2) is 4.98 Å². The van der Waals surface area contributed by atoms with Gasteiger partial charge in [0.2, 0.25) is 0 Å². The zero-order chi connectivity index (χ0) is 11.7. The lowest BCUT2D eigenvalue weighted by Gasteiger charge is -1.89. The van der Waals surface area contributed by atoms with E-state index in [4.69, 9.17) is 4.42 Å². The number of hydrogen-bond donors (Lipinski definition) is 0. The lowest BCUT2D eigenvalue weighted by Crippen LogP contribution is -1.89. The number of thiazole rings is 1. The van der Waals surface area contributed by atoms with Crippen LogP contribution in [0.1, 0.15) is 35.0 Å². The maximum Gasteiger partial charge on any atom is 0.171 e. The molecule has 3 nitrogen and oxygen atoms in total. The average Bonchev–Trinajstić information content (AvgIpc) is 2.83. The summed E-state index contributed by atoms with van der Waals surface area (Å²) in [7, 11) is 0. The van der Waals surface area contributed by atoms with Crippen LogP contribution in [0.4, 0.5) is 0 Å². The minimum atomic E-state index is 0.0588. The third-order valence-corrected chi connectivity index (χ3v) is 3.61. The molecule has 0 radical (unpaired) electrons. The summed E-state index contributed by atoms with van der Waals surface area (Å²) in [5.41, 5.74) is 0.780. The quantitative estimate of drug-likeness (QED) is 0.765. The normalized spacial score (nSPS) is 10.7. The van der Waals surface area contributed by atoms with Gasteiger partial charge in [-0.3, -0.25) is 4.79 Å². The summed E-state index contributed by atoms with van der Waals surface area (Å²) in [5, 5.41) is 0.780. The number of aromatic nitrogens is 1. The van der Waals surface area contributed by atoms with E-state index in [1.54, 1.807) is 6.92 Å². The lowest BCUT2D eigenvalue weighted by atomic mass is 10.3. The summed E-state index contributed by atoms with van der Waals surface area (Å²) in [4.78, 5) is 16.4. The molecule has 0 bridgehead atoms. The molecule has 2 aromatic heterocycles. The Bertz CT molecular complexity index is 525. The van der Waals surface area contributed by atoms with E-state index in [0.29, 0.717) is 4.88 Å². The second kappa shape index (κ2) is 4.22. The highest BCUT2D eigenvalue weighted by Gasteiger charge is 2.14. The summed E-state index contributed by atoms with van der Waals surface area (Å²) in [5.74, 6) is 1.74. The molecule has 0 saturated heterocycles. The first-order valence-electron chi connectivity index (χ1n) is 5.19. The molecule has 0 amide bonds. The standard InChI is InChI=1S/C12H13NO2S/c1-4-9-5-6-10(15-9)12-13-7(2)11(16-12)8(3)14/h5-6H,4H2,1-3H3. The molecule has 0 N–H and O–H groups in total. The Morgan fingerprint density at radius 1 is 1.50 bits per heavy atom. The Morgan fingerprint density at radius 3 is 2.75 bits per heavy atom. The van der Waals surface area contributed by atoms with Crippen LogP contribution in [0.15, 0.2) is 16.5 Å². The fourth-order valence-electron chi connectivity index (χ4n) is 1.51. The van der Waals surface area contributed by atoms with Gasteiger partial charge in [-0.15, -0.1) is 11.3 Å². The number of nitrogens with zero attached hydrogens (tertiary/aromatic N) is 1. The summed E-state index contributed by atoms with van der Waals surface area (Å²) < 4.78 is 5.60. The van der Waals surface area contributed by atoms with Crippen LogP contribution in [0.5, 0.6) is 0 Å².